The van der Waals surface area contributed by atoms with E-state index in [1.54, 1.807) is 0 Å². The third-order valence-corrected chi connectivity index (χ3v) is 4.29. The van der Waals surface area contributed by atoms with Crippen molar-refractivity contribution >= 4 is 5.97 Å². The van der Waals surface area contributed by atoms with E-state index in [1.165, 1.54) is 20.0 Å². The Hall–Kier alpha value is -0.610. The van der Waals surface area contributed by atoms with Crippen molar-refractivity contribution in [1.29, 1.82) is 0 Å². The van der Waals surface area contributed by atoms with Crippen LogP contribution in [0.25, 0.3) is 0 Å². The van der Waals surface area contributed by atoms with Crippen LogP contribution in [0, 0.1) is 5.92 Å². The second-order valence-corrected chi connectivity index (χ2v) is 5.16. The predicted molar refractivity (Wildman–Crippen MR) is 55.9 cm³/mol. The number of methoxy groups -OCH3 is 1. The van der Waals surface area contributed by atoms with Gasteiger partial charge in [-0.05, 0) is 25.2 Å². The van der Waals surface area contributed by atoms with Gasteiger partial charge < -0.3 is 14.2 Å². The van der Waals surface area contributed by atoms with Crippen LogP contribution in [0.3, 0.4) is 0 Å². The zero-order valence-electron chi connectivity index (χ0n) is 9.82. The van der Waals surface area contributed by atoms with Crippen LogP contribution in [-0.4, -0.2) is 37.0 Å². The van der Waals surface area contributed by atoms with Crippen molar-refractivity contribution < 1.29 is 19.0 Å². The zero-order valence-corrected chi connectivity index (χ0v) is 9.82. The maximum Gasteiger partial charge on any atom is 0.341 e. The average molecular weight is 226 g/mol. The molecule has 1 saturated carbocycles. The molecule has 1 spiro atoms. The molecule has 3 aliphatic rings. The van der Waals surface area contributed by atoms with Crippen LogP contribution in [0.1, 0.15) is 32.6 Å². The van der Waals surface area contributed by atoms with Crippen LogP contribution < -0.4 is 0 Å². The molecule has 0 N–H and O–H groups in total. The summed E-state index contributed by atoms with van der Waals surface area (Å²) in [6.45, 7) is 2.52. The van der Waals surface area contributed by atoms with Crippen molar-refractivity contribution in [2.24, 2.45) is 5.92 Å². The van der Waals surface area contributed by atoms with Crippen molar-refractivity contribution in [1.82, 2.24) is 0 Å². The van der Waals surface area contributed by atoms with E-state index in [1.807, 2.05) is 6.92 Å². The normalized spacial score (nSPS) is 46.0. The molecule has 3 atom stereocenters. The SMILES string of the molecule is CCC1(C(=O)OC)OC12COC(C1CC1)C2. The van der Waals surface area contributed by atoms with Crippen molar-refractivity contribution in [3.63, 3.8) is 0 Å². The molecule has 2 heterocycles. The van der Waals surface area contributed by atoms with E-state index in [-0.39, 0.29) is 11.6 Å². The van der Waals surface area contributed by atoms with Gasteiger partial charge in [-0.1, -0.05) is 6.92 Å². The number of carbonyl (C=O) groups excluding carboxylic acids is 1. The lowest BCUT2D eigenvalue weighted by Gasteiger charge is -2.10. The molecule has 4 heteroatoms. The molecule has 1 aliphatic carbocycles. The van der Waals surface area contributed by atoms with E-state index in [4.69, 9.17) is 14.2 Å². The Kier molecular flexibility index (Phi) is 2.11. The first kappa shape index (κ1) is 10.5. The van der Waals surface area contributed by atoms with Crippen LogP contribution in [-0.2, 0) is 19.0 Å². The molecule has 0 radical (unpaired) electrons. The van der Waals surface area contributed by atoms with Gasteiger partial charge in [-0.15, -0.1) is 0 Å². The first-order valence-corrected chi connectivity index (χ1v) is 6.07. The lowest BCUT2D eigenvalue weighted by molar-refractivity contribution is -0.147. The van der Waals surface area contributed by atoms with Gasteiger partial charge in [0.15, 0.2) is 5.60 Å². The number of esters is 1. The van der Waals surface area contributed by atoms with Crippen LogP contribution in [0.5, 0.6) is 0 Å². The Morgan fingerprint density at radius 2 is 2.25 bits per heavy atom. The fourth-order valence-electron chi connectivity index (χ4n) is 3.05. The number of hydrogen-bond acceptors (Lipinski definition) is 4. The van der Waals surface area contributed by atoms with Gasteiger partial charge in [0.05, 0.1) is 19.8 Å². The summed E-state index contributed by atoms with van der Waals surface area (Å²) in [5.41, 5.74) is -1.09. The van der Waals surface area contributed by atoms with Gasteiger partial charge in [-0.25, -0.2) is 4.79 Å². The van der Waals surface area contributed by atoms with E-state index in [0.29, 0.717) is 25.0 Å². The molecule has 2 aliphatic heterocycles. The Morgan fingerprint density at radius 1 is 1.50 bits per heavy atom. The molecule has 0 bridgehead atoms. The van der Waals surface area contributed by atoms with Crippen LogP contribution in [0.15, 0.2) is 0 Å². The third-order valence-electron chi connectivity index (χ3n) is 4.29. The maximum absolute atomic E-state index is 11.8. The summed E-state index contributed by atoms with van der Waals surface area (Å²) in [6.07, 6.45) is 4.36. The summed E-state index contributed by atoms with van der Waals surface area (Å²) in [6, 6.07) is 0. The molecular formula is C12H18O4. The third kappa shape index (κ3) is 1.20. The molecule has 0 aromatic rings. The summed E-state index contributed by atoms with van der Waals surface area (Å²) in [7, 11) is 1.42. The minimum absolute atomic E-state index is 0.241. The summed E-state index contributed by atoms with van der Waals surface area (Å²) >= 11 is 0. The number of hydrogen-bond donors (Lipinski definition) is 0. The summed E-state index contributed by atoms with van der Waals surface area (Å²) in [5.74, 6) is 0.464. The average Bonchev–Trinajstić information content (AvgIpc) is 3.17. The molecule has 3 unspecified atom stereocenters. The number of epoxide rings is 1. The molecule has 0 aromatic carbocycles. The fraction of sp³-hybridized carbons (Fsp3) is 0.917. The van der Waals surface area contributed by atoms with Gasteiger partial charge in [0.25, 0.3) is 0 Å². The standard InChI is InChI=1S/C12H18O4/c1-3-12(10(13)14-2)11(16-12)6-9(15-7-11)8-4-5-8/h8-9H,3-7H2,1-2H3. The summed E-state index contributed by atoms with van der Waals surface area (Å²) < 4.78 is 16.4. The van der Waals surface area contributed by atoms with Gasteiger partial charge in [0.2, 0.25) is 0 Å². The molecule has 0 aromatic heterocycles. The number of rotatable bonds is 3. The van der Waals surface area contributed by atoms with Crippen LogP contribution in [0.2, 0.25) is 0 Å². The quantitative estimate of drug-likeness (QED) is 0.537. The van der Waals surface area contributed by atoms with E-state index >= 15 is 0 Å². The smallest absolute Gasteiger partial charge is 0.341 e. The summed E-state index contributed by atoms with van der Waals surface area (Å²) in [4.78, 5) is 11.8. The first-order valence-electron chi connectivity index (χ1n) is 6.07. The lowest BCUT2D eigenvalue weighted by Crippen LogP contribution is -2.35. The van der Waals surface area contributed by atoms with Gasteiger partial charge in [0.1, 0.15) is 5.60 Å². The number of ether oxygens (including phenoxy) is 3. The molecule has 3 rings (SSSR count). The van der Waals surface area contributed by atoms with Gasteiger partial charge in [-0.3, -0.25) is 0 Å². The van der Waals surface area contributed by atoms with Crippen LogP contribution in [0.4, 0.5) is 0 Å². The second kappa shape index (κ2) is 3.20. The summed E-state index contributed by atoms with van der Waals surface area (Å²) in [5, 5.41) is 0. The van der Waals surface area contributed by atoms with Crippen molar-refractivity contribution in [3.8, 4) is 0 Å². The van der Waals surface area contributed by atoms with Crippen molar-refractivity contribution in [3.05, 3.63) is 0 Å². The minimum atomic E-state index is -0.717. The Labute approximate surface area is 95.2 Å². The van der Waals surface area contributed by atoms with Gasteiger partial charge >= 0.3 is 5.97 Å². The minimum Gasteiger partial charge on any atom is -0.467 e. The largest absolute Gasteiger partial charge is 0.467 e. The topological polar surface area (TPSA) is 48.1 Å². The maximum atomic E-state index is 11.8. The van der Waals surface area contributed by atoms with Crippen molar-refractivity contribution in [2.45, 2.75) is 49.9 Å². The van der Waals surface area contributed by atoms with Crippen molar-refractivity contribution in [2.75, 3.05) is 13.7 Å². The molecular weight excluding hydrogens is 208 g/mol. The van der Waals surface area contributed by atoms with E-state index in [9.17, 15) is 4.79 Å². The fourth-order valence-corrected chi connectivity index (χ4v) is 3.05. The van der Waals surface area contributed by atoms with E-state index < -0.39 is 5.60 Å². The first-order chi connectivity index (χ1) is 7.67. The molecule has 3 fully saturated rings. The Balaban J connectivity index is 1.74. The molecule has 16 heavy (non-hydrogen) atoms. The Morgan fingerprint density at radius 3 is 2.81 bits per heavy atom. The molecule has 90 valence electrons. The van der Waals surface area contributed by atoms with Gasteiger partial charge in [0, 0.05) is 6.42 Å². The zero-order chi connectivity index (χ0) is 11.4. The second-order valence-electron chi connectivity index (χ2n) is 5.16. The predicted octanol–water partition coefficient (Wildman–Crippen LogP) is 1.28. The van der Waals surface area contributed by atoms with E-state index in [2.05, 4.69) is 0 Å². The highest BCUT2D eigenvalue weighted by Crippen LogP contribution is 2.59. The molecule has 0 amide bonds. The Bertz CT molecular complexity index is 325. The molecule has 2 saturated heterocycles. The van der Waals surface area contributed by atoms with Gasteiger partial charge in [-0.2, -0.15) is 0 Å². The van der Waals surface area contributed by atoms with E-state index in [0.717, 1.165) is 6.42 Å². The highest BCUT2D eigenvalue weighted by Gasteiger charge is 2.77. The van der Waals surface area contributed by atoms with Crippen LogP contribution >= 0.6 is 0 Å². The highest BCUT2D eigenvalue weighted by atomic mass is 16.7. The monoisotopic (exact) mass is 226 g/mol. The lowest BCUT2D eigenvalue weighted by atomic mass is 9.87. The number of carbonyl (C=O) groups is 1. The highest BCUT2D eigenvalue weighted by molar-refractivity contribution is 5.85. The molecule has 4 nitrogen and oxygen atoms in total.